The van der Waals surface area contributed by atoms with Crippen LogP contribution in [0.2, 0.25) is 0 Å². The Morgan fingerprint density at radius 1 is 1.28 bits per heavy atom. The number of ether oxygens (including phenoxy) is 1. The van der Waals surface area contributed by atoms with Crippen LogP contribution in [0, 0.1) is 0 Å². The monoisotopic (exact) mass is 447 g/mol. The minimum Gasteiger partial charge on any atom is -0.471 e. The number of halogens is 3. The van der Waals surface area contributed by atoms with Crippen LogP contribution < -0.4 is 10.1 Å². The second kappa shape index (κ2) is 8.68. The molecule has 1 aliphatic carbocycles. The largest absolute Gasteiger partial charge is 0.471 e. The molecule has 0 spiro atoms. The Balaban J connectivity index is 1.39. The molecule has 10 heteroatoms. The Labute approximate surface area is 183 Å². The van der Waals surface area contributed by atoms with Gasteiger partial charge in [0.25, 0.3) is 0 Å². The van der Waals surface area contributed by atoms with E-state index < -0.39 is 23.8 Å². The average Bonchev–Trinajstić information content (AvgIpc) is 3.34. The number of carbonyl (C=O) groups is 1. The molecule has 1 fully saturated rings. The number of anilines is 1. The molecule has 1 aliphatic rings. The molecule has 0 radical (unpaired) electrons. The van der Waals surface area contributed by atoms with E-state index in [1.807, 2.05) is 24.3 Å². The number of benzene rings is 1. The summed E-state index contributed by atoms with van der Waals surface area (Å²) in [4.78, 5) is 12.7. The molecule has 0 aliphatic heterocycles. The summed E-state index contributed by atoms with van der Waals surface area (Å²) < 4.78 is 47.7. The maximum absolute atomic E-state index is 13.1. The second-order valence-electron chi connectivity index (χ2n) is 7.88. The van der Waals surface area contributed by atoms with E-state index >= 15 is 0 Å². The molecule has 7 nitrogen and oxygen atoms in total. The van der Waals surface area contributed by atoms with Crippen LogP contribution in [0.3, 0.4) is 0 Å². The molecular formula is C22H24F3N5O2. The summed E-state index contributed by atoms with van der Waals surface area (Å²) >= 11 is 0. The summed E-state index contributed by atoms with van der Waals surface area (Å²) in [6, 6.07) is 7.87. The first-order valence-corrected chi connectivity index (χ1v) is 10.5. The predicted molar refractivity (Wildman–Crippen MR) is 111 cm³/mol. The van der Waals surface area contributed by atoms with Gasteiger partial charge in [-0.2, -0.15) is 23.4 Å². The second-order valence-corrected chi connectivity index (χ2v) is 7.88. The van der Waals surface area contributed by atoms with Crippen molar-refractivity contribution < 1.29 is 22.7 Å². The number of amides is 1. The Hall–Kier alpha value is -3.30. The van der Waals surface area contributed by atoms with Crippen LogP contribution in [0.4, 0.5) is 18.9 Å². The van der Waals surface area contributed by atoms with Gasteiger partial charge in [-0.25, -0.2) is 4.68 Å². The van der Waals surface area contributed by atoms with Crippen LogP contribution in [0.25, 0.3) is 0 Å². The van der Waals surface area contributed by atoms with Gasteiger partial charge in [0.15, 0.2) is 12.4 Å². The number of aryl methyl sites for hydroxylation is 1. The van der Waals surface area contributed by atoms with Crippen LogP contribution in [0.1, 0.15) is 55.6 Å². The van der Waals surface area contributed by atoms with Gasteiger partial charge in [0.2, 0.25) is 5.91 Å². The van der Waals surface area contributed by atoms with Crippen molar-refractivity contribution in [2.24, 2.45) is 0 Å². The molecule has 1 aromatic carbocycles. The zero-order valence-electron chi connectivity index (χ0n) is 17.8. The fourth-order valence-electron chi connectivity index (χ4n) is 3.36. The van der Waals surface area contributed by atoms with Gasteiger partial charge in [0, 0.05) is 11.6 Å². The van der Waals surface area contributed by atoms with Crippen LogP contribution in [0.5, 0.6) is 5.75 Å². The van der Waals surface area contributed by atoms with Gasteiger partial charge in [-0.15, -0.1) is 0 Å². The number of rotatable bonds is 8. The lowest BCUT2D eigenvalue weighted by atomic mass is 10.2. The van der Waals surface area contributed by atoms with E-state index in [9.17, 15) is 18.0 Å². The van der Waals surface area contributed by atoms with Gasteiger partial charge in [0.1, 0.15) is 11.8 Å². The van der Waals surface area contributed by atoms with Crippen LogP contribution in [0.15, 0.2) is 42.7 Å². The van der Waals surface area contributed by atoms with E-state index in [1.54, 1.807) is 6.20 Å². The Morgan fingerprint density at radius 2 is 2.00 bits per heavy atom. The summed E-state index contributed by atoms with van der Waals surface area (Å²) in [5.74, 6) is 0.239. The third kappa shape index (κ3) is 4.95. The van der Waals surface area contributed by atoms with Gasteiger partial charge in [-0.3, -0.25) is 9.48 Å². The minimum absolute atomic E-state index is 0.0140. The van der Waals surface area contributed by atoms with Crippen molar-refractivity contribution in [3.63, 3.8) is 0 Å². The summed E-state index contributed by atoms with van der Waals surface area (Å²) in [7, 11) is 0. The number of carbonyl (C=O) groups excluding carboxylic acids is 1. The fraction of sp³-hybridized carbons (Fsp3) is 0.409. The molecule has 0 bridgehead atoms. The van der Waals surface area contributed by atoms with Gasteiger partial charge in [-0.1, -0.05) is 19.1 Å². The van der Waals surface area contributed by atoms with E-state index in [0.29, 0.717) is 17.1 Å². The molecule has 1 N–H and O–H groups in total. The molecular weight excluding hydrogens is 423 g/mol. The normalized spacial score (nSPS) is 14.9. The van der Waals surface area contributed by atoms with E-state index in [1.165, 1.54) is 28.0 Å². The average molecular weight is 447 g/mol. The molecule has 4 rings (SSSR count). The maximum Gasteiger partial charge on any atom is 0.435 e. The molecule has 2 heterocycles. The lowest BCUT2D eigenvalue weighted by Gasteiger charge is -2.15. The molecule has 1 saturated carbocycles. The smallest absolute Gasteiger partial charge is 0.435 e. The minimum atomic E-state index is -4.55. The molecule has 1 atom stereocenters. The predicted octanol–water partition coefficient (Wildman–Crippen LogP) is 4.77. The lowest BCUT2D eigenvalue weighted by molar-refractivity contribution is -0.141. The topological polar surface area (TPSA) is 74.0 Å². The first kappa shape index (κ1) is 21.9. The number of aromatic nitrogens is 4. The van der Waals surface area contributed by atoms with Crippen molar-refractivity contribution in [2.45, 2.75) is 58.0 Å². The fourth-order valence-corrected chi connectivity index (χ4v) is 3.36. The van der Waals surface area contributed by atoms with Crippen molar-refractivity contribution in [3.8, 4) is 5.75 Å². The number of alkyl halides is 3. The molecule has 1 amide bonds. The van der Waals surface area contributed by atoms with Crippen molar-refractivity contribution in [1.82, 2.24) is 19.6 Å². The summed E-state index contributed by atoms with van der Waals surface area (Å²) in [5.41, 5.74) is 1.09. The highest BCUT2D eigenvalue weighted by molar-refractivity contribution is 5.93. The van der Waals surface area contributed by atoms with Crippen molar-refractivity contribution in [3.05, 3.63) is 59.7 Å². The van der Waals surface area contributed by atoms with Gasteiger partial charge in [0.05, 0.1) is 18.1 Å². The third-order valence-electron chi connectivity index (χ3n) is 5.39. The molecule has 32 heavy (non-hydrogen) atoms. The number of hydrogen-bond donors (Lipinski definition) is 1. The summed E-state index contributed by atoms with van der Waals surface area (Å²) in [5, 5.41) is 10.5. The third-order valence-corrected chi connectivity index (χ3v) is 5.39. The van der Waals surface area contributed by atoms with Crippen LogP contribution in [-0.4, -0.2) is 25.5 Å². The Bertz CT molecular complexity index is 1080. The van der Waals surface area contributed by atoms with E-state index in [-0.39, 0.29) is 12.6 Å². The molecule has 0 saturated heterocycles. The van der Waals surface area contributed by atoms with Crippen LogP contribution >= 0.6 is 0 Å². The highest BCUT2D eigenvalue weighted by atomic mass is 19.4. The van der Waals surface area contributed by atoms with Gasteiger partial charge in [-0.05, 0) is 49.9 Å². The van der Waals surface area contributed by atoms with E-state index in [0.717, 1.165) is 25.3 Å². The Kier molecular flexibility index (Phi) is 5.94. The van der Waals surface area contributed by atoms with Crippen molar-refractivity contribution >= 4 is 11.6 Å². The molecule has 2 aromatic heterocycles. The first-order valence-electron chi connectivity index (χ1n) is 10.5. The van der Waals surface area contributed by atoms with Gasteiger partial charge < -0.3 is 10.1 Å². The first-order chi connectivity index (χ1) is 15.2. The van der Waals surface area contributed by atoms with Crippen molar-refractivity contribution in [2.75, 3.05) is 5.32 Å². The van der Waals surface area contributed by atoms with E-state index in [2.05, 4.69) is 22.4 Å². The molecule has 170 valence electrons. The summed E-state index contributed by atoms with van der Waals surface area (Å²) in [6.45, 7) is 3.75. The highest BCUT2D eigenvalue weighted by Crippen LogP contribution is 2.43. The zero-order chi connectivity index (χ0) is 22.9. The standard InChI is InChI=1S/C22H24F3N5O2/c1-3-15-4-8-18(9-5-15)32-13-29-12-17(11-26-29)27-21(31)14(2)30-19(16-6-7-16)10-20(28-30)22(23,24)25/h4-5,8-12,14,16H,3,6-7,13H2,1-2H3,(H,27,31). The molecule has 1 unspecified atom stereocenters. The SMILES string of the molecule is CCc1ccc(OCn2cc(NC(=O)C(C)n3nc(C(F)(F)F)cc3C3CC3)cn2)cc1. The number of nitrogens with zero attached hydrogens (tertiary/aromatic N) is 4. The Morgan fingerprint density at radius 3 is 2.62 bits per heavy atom. The van der Waals surface area contributed by atoms with Crippen LogP contribution in [-0.2, 0) is 24.1 Å². The lowest BCUT2D eigenvalue weighted by Crippen LogP contribution is -2.26. The zero-order valence-corrected chi connectivity index (χ0v) is 17.8. The molecule has 3 aromatic rings. The number of hydrogen-bond acceptors (Lipinski definition) is 4. The van der Waals surface area contributed by atoms with Gasteiger partial charge >= 0.3 is 6.18 Å². The van der Waals surface area contributed by atoms with E-state index in [4.69, 9.17) is 4.74 Å². The summed E-state index contributed by atoms with van der Waals surface area (Å²) in [6.07, 6.45) is 1.04. The van der Waals surface area contributed by atoms with Crippen molar-refractivity contribution in [1.29, 1.82) is 0 Å². The quantitative estimate of drug-likeness (QED) is 0.540. The highest BCUT2D eigenvalue weighted by Gasteiger charge is 2.39. The number of nitrogens with one attached hydrogen (secondary N) is 1. The maximum atomic E-state index is 13.1.